The van der Waals surface area contributed by atoms with Gasteiger partial charge in [0.25, 0.3) is 0 Å². The molecule has 1 atom stereocenters. The van der Waals surface area contributed by atoms with Crippen LogP contribution in [-0.2, 0) is 17.7 Å². The molecule has 1 N–H and O–H groups in total. The van der Waals surface area contributed by atoms with Crippen molar-refractivity contribution in [3.8, 4) is 0 Å². The number of benzene rings is 1. The highest BCUT2D eigenvalue weighted by Gasteiger charge is 2.11. The molecule has 0 spiro atoms. The van der Waals surface area contributed by atoms with Gasteiger partial charge in [-0.1, -0.05) is 12.1 Å². The summed E-state index contributed by atoms with van der Waals surface area (Å²) in [4.78, 5) is 2.30. The molecule has 0 bridgehead atoms. The summed E-state index contributed by atoms with van der Waals surface area (Å²) >= 11 is 0. The fraction of sp³-hybridized carbons (Fsp3) is 0.571. The van der Waals surface area contributed by atoms with Gasteiger partial charge in [0.1, 0.15) is 0 Å². The van der Waals surface area contributed by atoms with E-state index in [1.54, 1.807) is 7.11 Å². The summed E-state index contributed by atoms with van der Waals surface area (Å²) in [5, 5.41) is 3.42. The minimum Gasteiger partial charge on any atom is -0.384 e. The maximum Gasteiger partial charge on any atom is 0.0670 e. The minimum atomic E-state index is 0.285. The van der Waals surface area contributed by atoms with Crippen molar-refractivity contribution >= 4 is 5.69 Å². The molecular weight excluding hydrogens is 212 g/mol. The molecule has 0 fully saturated rings. The third kappa shape index (κ3) is 3.20. The Kier molecular flexibility index (Phi) is 4.02. The van der Waals surface area contributed by atoms with Crippen LogP contribution >= 0.6 is 0 Å². The van der Waals surface area contributed by atoms with Crippen LogP contribution < -0.4 is 5.32 Å². The smallest absolute Gasteiger partial charge is 0.0670 e. The van der Waals surface area contributed by atoms with Gasteiger partial charge in [-0.2, -0.15) is 0 Å². The topological polar surface area (TPSA) is 24.5 Å². The van der Waals surface area contributed by atoms with Gasteiger partial charge in [0, 0.05) is 32.4 Å². The second kappa shape index (κ2) is 5.52. The highest BCUT2D eigenvalue weighted by molar-refractivity contribution is 5.56. The molecule has 0 saturated heterocycles. The number of ether oxygens (including phenoxy) is 1. The summed E-state index contributed by atoms with van der Waals surface area (Å²) in [5.41, 5.74) is 4.13. The summed E-state index contributed by atoms with van der Waals surface area (Å²) < 4.78 is 5.28. The molecule has 1 aromatic rings. The van der Waals surface area contributed by atoms with Crippen molar-refractivity contribution in [3.63, 3.8) is 0 Å². The van der Waals surface area contributed by atoms with Gasteiger partial charge in [-0.15, -0.1) is 0 Å². The van der Waals surface area contributed by atoms with Crippen molar-refractivity contribution in [3.05, 3.63) is 29.3 Å². The Morgan fingerprint density at radius 1 is 1.47 bits per heavy atom. The van der Waals surface area contributed by atoms with E-state index >= 15 is 0 Å². The Morgan fingerprint density at radius 2 is 2.29 bits per heavy atom. The first-order valence-corrected chi connectivity index (χ1v) is 6.26. The molecular formula is C14H22N2O. The lowest BCUT2D eigenvalue weighted by molar-refractivity contribution is 0.0837. The van der Waals surface area contributed by atoms with Crippen LogP contribution in [-0.4, -0.2) is 38.3 Å². The monoisotopic (exact) mass is 234 g/mol. The van der Waals surface area contributed by atoms with Crippen molar-refractivity contribution in [2.24, 2.45) is 0 Å². The molecule has 1 heterocycles. The summed E-state index contributed by atoms with van der Waals surface area (Å²) in [6.45, 7) is 5.11. The Labute approximate surface area is 104 Å². The number of hydrogen-bond donors (Lipinski definition) is 1. The van der Waals surface area contributed by atoms with Gasteiger partial charge >= 0.3 is 0 Å². The van der Waals surface area contributed by atoms with Crippen molar-refractivity contribution in [2.45, 2.75) is 26.0 Å². The summed E-state index contributed by atoms with van der Waals surface area (Å²) in [6.07, 6.45) is 1.44. The minimum absolute atomic E-state index is 0.285. The summed E-state index contributed by atoms with van der Waals surface area (Å²) in [6, 6.07) is 6.76. The molecule has 17 heavy (non-hydrogen) atoms. The van der Waals surface area contributed by atoms with E-state index in [1.165, 1.54) is 16.8 Å². The summed E-state index contributed by atoms with van der Waals surface area (Å²) in [7, 11) is 3.90. The van der Waals surface area contributed by atoms with Gasteiger partial charge in [0.15, 0.2) is 0 Å². The second-order valence-corrected chi connectivity index (χ2v) is 4.91. The standard InChI is InChI=1S/C14H22N2O/c1-11(17-3)9-16(2)10-12-4-5-13-6-7-15-14(13)8-12/h4-5,8,11,15H,6-7,9-10H2,1-3H3. The van der Waals surface area contributed by atoms with Crippen molar-refractivity contribution < 1.29 is 4.74 Å². The number of nitrogens with zero attached hydrogens (tertiary/aromatic N) is 1. The molecule has 0 aliphatic carbocycles. The molecule has 94 valence electrons. The normalized spacial score (nSPS) is 15.8. The lowest BCUT2D eigenvalue weighted by Crippen LogP contribution is -2.28. The number of methoxy groups -OCH3 is 1. The first kappa shape index (κ1) is 12.4. The average molecular weight is 234 g/mol. The fourth-order valence-corrected chi connectivity index (χ4v) is 2.33. The maximum absolute atomic E-state index is 5.28. The number of rotatable bonds is 5. The predicted molar refractivity (Wildman–Crippen MR) is 71.4 cm³/mol. The van der Waals surface area contributed by atoms with E-state index in [2.05, 4.69) is 42.4 Å². The van der Waals surface area contributed by atoms with E-state index < -0.39 is 0 Å². The van der Waals surface area contributed by atoms with Crippen molar-refractivity contribution in [1.29, 1.82) is 0 Å². The molecule has 1 aliphatic heterocycles. The molecule has 0 saturated carbocycles. The van der Waals surface area contributed by atoms with Gasteiger partial charge in [-0.25, -0.2) is 0 Å². The zero-order chi connectivity index (χ0) is 12.3. The SMILES string of the molecule is COC(C)CN(C)Cc1ccc2c(c1)NCC2. The first-order valence-electron chi connectivity index (χ1n) is 6.26. The van der Waals surface area contributed by atoms with Gasteiger partial charge in [-0.05, 0) is 37.6 Å². The van der Waals surface area contributed by atoms with Crippen molar-refractivity contribution in [1.82, 2.24) is 4.90 Å². The largest absolute Gasteiger partial charge is 0.384 e. The molecule has 3 heteroatoms. The van der Waals surface area contributed by atoms with E-state index in [9.17, 15) is 0 Å². The van der Waals surface area contributed by atoms with Crippen molar-refractivity contribution in [2.75, 3.05) is 32.6 Å². The van der Waals surface area contributed by atoms with E-state index in [0.29, 0.717) is 0 Å². The highest BCUT2D eigenvalue weighted by atomic mass is 16.5. The molecule has 0 aromatic heterocycles. The average Bonchev–Trinajstić information content (AvgIpc) is 2.75. The van der Waals surface area contributed by atoms with Crippen LogP contribution in [0.2, 0.25) is 0 Å². The zero-order valence-corrected chi connectivity index (χ0v) is 11.0. The first-order chi connectivity index (χ1) is 8.19. The fourth-order valence-electron chi connectivity index (χ4n) is 2.33. The molecule has 1 aliphatic rings. The number of anilines is 1. The van der Waals surface area contributed by atoms with Gasteiger partial charge in [0.05, 0.1) is 6.10 Å². The number of nitrogens with one attached hydrogen (secondary N) is 1. The number of fused-ring (bicyclic) bond motifs is 1. The lowest BCUT2D eigenvalue weighted by Gasteiger charge is -2.20. The van der Waals surface area contributed by atoms with Crippen LogP contribution in [0.4, 0.5) is 5.69 Å². The Morgan fingerprint density at radius 3 is 3.06 bits per heavy atom. The zero-order valence-electron chi connectivity index (χ0n) is 11.0. The Bertz CT molecular complexity index is 378. The molecule has 3 nitrogen and oxygen atoms in total. The van der Waals surface area contributed by atoms with Gasteiger partial charge in [0.2, 0.25) is 0 Å². The lowest BCUT2D eigenvalue weighted by atomic mass is 10.1. The third-order valence-corrected chi connectivity index (χ3v) is 3.31. The Hall–Kier alpha value is -1.06. The Balaban J connectivity index is 1.94. The molecule has 1 unspecified atom stereocenters. The van der Waals surface area contributed by atoms with E-state index in [-0.39, 0.29) is 6.10 Å². The van der Waals surface area contributed by atoms with Crippen LogP contribution in [0.1, 0.15) is 18.1 Å². The van der Waals surface area contributed by atoms with Crippen LogP contribution in [0.15, 0.2) is 18.2 Å². The van der Waals surface area contributed by atoms with E-state index in [1.807, 2.05) is 0 Å². The molecule has 0 amide bonds. The third-order valence-electron chi connectivity index (χ3n) is 3.31. The van der Waals surface area contributed by atoms with Gasteiger partial charge in [-0.3, -0.25) is 4.90 Å². The van der Waals surface area contributed by atoms with Crippen LogP contribution in [0, 0.1) is 0 Å². The highest BCUT2D eigenvalue weighted by Crippen LogP contribution is 2.23. The molecule has 1 aromatic carbocycles. The van der Waals surface area contributed by atoms with Crippen LogP contribution in [0.25, 0.3) is 0 Å². The van der Waals surface area contributed by atoms with Crippen LogP contribution in [0.5, 0.6) is 0 Å². The van der Waals surface area contributed by atoms with Crippen LogP contribution in [0.3, 0.4) is 0 Å². The molecule has 0 radical (unpaired) electrons. The van der Waals surface area contributed by atoms with Gasteiger partial charge < -0.3 is 10.1 Å². The quantitative estimate of drug-likeness (QED) is 0.844. The predicted octanol–water partition coefficient (Wildman–Crippen LogP) is 2.12. The maximum atomic E-state index is 5.28. The number of likely N-dealkylation sites (N-methyl/N-ethyl adjacent to an activating group) is 1. The molecule has 2 rings (SSSR count). The summed E-state index contributed by atoms with van der Waals surface area (Å²) in [5.74, 6) is 0. The van der Waals surface area contributed by atoms with E-state index in [0.717, 1.165) is 26.1 Å². The second-order valence-electron chi connectivity index (χ2n) is 4.91. The van der Waals surface area contributed by atoms with E-state index in [4.69, 9.17) is 4.74 Å². The number of hydrogen-bond acceptors (Lipinski definition) is 3.